The minimum atomic E-state index is -0.891. The average molecular weight is 451 g/mol. The van der Waals surface area contributed by atoms with E-state index in [9.17, 15) is 8.78 Å². The van der Waals surface area contributed by atoms with E-state index in [0.717, 1.165) is 5.56 Å². The van der Waals surface area contributed by atoms with Gasteiger partial charge in [-0.2, -0.15) is 0 Å². The van der Waals surface area contributed by atoms with Gasteiger partial charge >= 0.3 is 0 Å². The van der Waals surface area contributed by atoms with E-state index in [-0.39, 0.29) is 12.1 Å². The summed E-state index contributed by atoms with van der Waals surface area (Å²) in [6.45, 7) is 1.85. The van der Waals surface area contributed by atoms with Crippen molar-refractivity contribution in [1.82, 2.24) is 14.9 Å². The number of nitrogens with zero attached hydrogens (tertiary/aromatic N) is 3. The molecule has 1 aliphatic heterocycles. The highest BCUT2D eigenvalue weighted by atomic mass is 79.9. The summed E-state index contributed by atoms with van der Waals surface area (Å²) in [6, 6.07) is 5.64. The summed E-state index contributed by atoms with van der Waals surface area (Å²) in [5.41, 5.74) is 1.91. The predicted molar refractivity (Wildman–Crippen MR) is 104 cm³/mol. The molecule has 0 bridgehead atoms. The number of fused-ring (bicyclic) bond motifs is 1. The lowest BCUT2D eigenvalue weighted by molar-refractivity contribution is 0.0345. The van der Waals surface area contributed by atoms with Crippen LogP contribution in [0.2, 0.25) is 0 Å². The smallest absolute Gasteiger partial charge is 0.228 e. The van der Waals surface area contributed by atoms with Crippen LogP contribution in [0.25, 0.3) is 10.9 Å². The van der Waals surface area contributed by atoms with Crippen LogP contribution in [0.4, 0.5) is 8.78 Å². The Hall–Kier alpha value is -2.68. The van der Waals surface area contributed by atoms with Crippen molar-refractivity contribution in [3.05, 3.63) is 57.8 Å². The Balaban J connectivity index is 1.75. The van der Waals surface area contributed by atoms with Crippen LogP contribution in [0.5, 0.6) is 5.88 Å². The van der Waals surface area contributed by atoms with Gasteiger partial charge in [0.25, 0.3) is 0 Å². The maximum absolute atomic E-state index is 13.9. The van der Waals surface area contributed by atoms with E-state index in [1.807, 2.05) is 13.1 Å². The molecule has 1 aromatic carbocycles. The minimum absolute atomic E-state index is 0.334. The van der Waals surface area contributed by atoms with Crippen LogP contribution in [0.1, 0.15) is 24.2 Å². The van der Waals surface area contributed by atoms with E-state index in [2.05, 4.69) is 31.4 Å². The fourth-order valence-electron chi connectivity index (χ4n) is 3.29. The molecule has 1 N–H and O–H groups in total. The molecular formula is C19H17BrF2N4O2. The summed E-state index contributed by atoms with van der Waals surface area (Å²) >= 11 is 3.37. The molecule has 0 amide bonds. The monoisotopic (exact) mass is 450 g/mol. The first-order chi connectivity index (χ1) is 13.4. The Labute approximate surface area is 168 Å². The molecule has 9 heteroatoms. The third-order valence-electron chi connectivity index (χ3n) is 4.72. The third kappa shape index (κ3) is 3.09. The molecule has 0 saturated heterocycles. The number of aryl methyl sites for hydroxylation is 1. The molecule has 0 aliphatic carbocycles. The van der Waals surface area contributed by atoms with Crippen LogP contribution in [-0.4, -0.2) is 28.6 Å². The lowest BCUT2D eigenvalue weighted by Gasteiger charge is -2.29. The first-order valence-corrected chi connectivity index (χ1v) is 9.33. The van der Waals surface area contributed by atoms with E-state index >= 15 is 0 Å². The van der Waals surface area contributed by atoms with E-state index < -0.39 is 11.6 Å². The number of pyridine rings is 1. The maximum Gasteiger partial charge on any atom is 0.228 e. The van der Waals surface area contributed by atoms with Gasteiger partial charge in [-0.3, -0.25) is 0 Å². The van der Waals surface area contributed by atoms with Gasteiger partial charge in [-0.15, -0.1) is 0 Å². The van der Waals surface area contributed by atoms with Crippen molar-refractivity contribution in [2.24, 2.45) is 12.2 Å². The van der Waals surface area contributed by atoms with Crippen LogP contribution < -0.4 is 10.1 Å². The van der Waals surface area contributed by atoms with Crippen molar-refractivity contribution in [2.45, 2.75) is 19.1 Å². The number of rotatable bonds is 3. The zero-order valence-corrected chi connectivity index (χ0v) is 16.9. The summed E-state index contributed by atoms with van der Waals surface area (Å²) in [4.78, 5) is 9.99. The quantitative estimate of drug-likeness (QED) is 0.654. The van der Waals surface area contributed by atoms with E-state index in [0.29, 0.717) is 32.8 Å². The summed E-state index contributed by atoms with van der Waals surface area (Å²) in [5, 5.41) is 8.03. The van der Waals surface area contributed by atoms with Crippen molar-refractivity contribution >= 4 is 32.7 Å². The van der Waals surface area contributed by atoms with Gasteiger partial charge in [0.05, 0.1) is 23.1 Å². The van der Waals surface area contributed by atoms with Gasteiger partial charge in [-0.1, -0.05) is 5.16 Å². The van der Waals surface area contributed by atoms with E-state index in [1.54, 1.807) is 23.7 Å². The lowest BCUT2D eigenvalue weighted by atomic mass is 10.0. The molecule has 28 heavy (non-hydrogen) atoms. The molecule has 2 unspecified atom stereocenters. The summed E-state index contributed by atoms with van der Waals surface area (Å²) in [6.07, 6.45) is 1.50. The third-order valence-corrected chi connectivity index (χ3v) is 5.32. The van der Waals surface area contributed by atoms with Gasteiger partial charge in [0.2, 0.25) is 5.88 Å². The lowest BCUT2D eigenvalue weighted by Crippen LogP contribution is -2.40. The maximum atomic E-state index is 13.9. The van der Waals surface area contributed by atoms with Crippen LogP contribution >= 0.6 is 15.9 Å². The molecule has 2 atom stereocenters. The van der Waals surface area contributed by atoms with Gasteiger partial charge in [-0.05, 0) is 41.1 Å². The Morgan fingerprint density at radius 1 is 1.25 bits per heavy atom. The molecule has 1 aliphatic rings. The van der Waals surface area contributed by atoms with Crippen LogP contribution in [-0.2, 0) is 11.9 Å². The largest absolute Gasteiger partial charge is 0.480 e. The SMILES string of the molecule is COc1nc(C2=NOC(C)C(c3cn(C)c4cc(F)c(F)cc34)N2)ccc1Br. The zero-order chi connectivity index (χ0) is 20.0. The molecule has 0 fully saturated rings. The number of benzene rings is 1. The fourth-order valence-corrected chi connectivity index (χ4v) is 3.68. The standard InChI is InChI=1S/C19H17BrF2N4O2/c1-9-17(11-8-26(2)16-7-14(22)13(21)6-10(11)16)24-18(25-28-9)15-5-4-12(20)19(23-15)27-3/h4-9,17H,1-3H3,(H,24,25). The molecule has 0 spiro atoms. The number of hydrogen-bond donors (Lipinski definition) is 1. The normalized spacial score (nSPS) is 19.1. The number of amidine groups is 1. The highest BCUT2D eigenvalue weighted by molar-refractivity contribution is 9.10. The Morgan fingerprint density at radius 3 is 2.75 bits per heavy atom. The van der Waals surface area contributed by atoms with Crippen LogP contribution in [0, 0.1) is 11.6 Å². The van der Waals surface area contributed by atoms with Crippen molar-refractivity contribution < 1.29 is 18.4 Å². The average Bonchev–Trinajstić information content (AvgIpc) is 2.98. The highest BCUT2D eigenvalue weighted by Crippen LogP contribution is 2.32. The van der Waals surface area contributed by atoms with Gasteiger partial charge in [0.15, 0.2) is 17.5 Å². The Bertz CT molecular complexity index is 1100. The summed E-state index contributed by atoms with van der Waals surface area (Å²) in [5.74, 6) is -0.930. The molecule has 0 radical (unpaired) electrons. The summed E-state index contributed by atoms with van der Waals surface area (Å²) < 4.78 is 35.3. The number of hydrogen-bond acceptors (Lipinski definition) is 5. The number of methoxy groups -OCH3 is 1. The highest BCUT2D eigenvalue weighted by Gasteiger charge is 2.30. The van der Waals surface area contributed by atoms with Crippen molar-refractivity contribution in [3.63, 3.8) is 0 Å². The molecule has 146 valence electrons. The van der Waals surface area contributed by atoms with Gasteiger partial charge in [0.1, 0.15) is 11.8 Å². The molecule has 6 nitrogen and oxygen atoms in total. The molecular weight excluding hydrogens is 434 g/mol. The van der Waals surface area contributed by atoms with Crippen molar-refractivity contribution in [2.75, 3.05) is 7.11 Å². The number of oxime groups is 1. The Morgan fingerprint density at radius 2 is 2.00 bits per heavy atom. The topological polar surface area (TPSA) is 60.7 Å². The van der Waals surface area contributed by atoms with Crippen LogP contribution in [0.3, 0.4) is 0 Å². The fraction of sp³-hybridized carbons (Fsp3) is 0.263. The summed E-state index contributed by atoms with van der Waals surface area (Å²) in [7, 11) is 3.31. The van der Waals surface area contributed by atoms with E-state index in [1.165, 1.54) is 19.2 Å². The van der Waals surface area contributed by atoms with Crippen LogP contribution in [0.15, 0.2) is 40.1 Å². The molecule has 3 heterocycles. The Kier molecular flexibility index (Phi) is 4.70. The van der Waals surface area contributed by atoms with Crippen molar-refractivity contribution in [1.29, 1.82) is 0 Å². The second-order valence-electron chi connectivity index (χ2n) is 6.54. The number of halogens is 3. The molecule has 3 aromatic rings. The number of nitrogens with one attached hydrogen (secondary N) is 1. The molecule has 0 saturated carbocycles. The van der Waals surface area contributed by atoms with Gasteiger partial charge in [-0.25, -0.2) is 13.8 Å². The first-order valence-electron chi connectivity index (χ1n) is 8.54. The first kappa shape index (κ1) is 18.7. The van der Waals surface area contributed by atoms with Gasteiger partial charge < -0.3 is 19.5 Å². The van der Waals surface area contributed by atoms with Gasteiger partial charge in [0, 0.05) is 30.3 Å². The van der Waals surface area contributed by atoms with E-state index in [4.69, 9.17) is 9.57 Å². The zero-order valence-electron chi connectivity index (χ0n) is 15.3. The van der Waals surface area contributed by atoms with Crippen molar-refractivity contribution in [3.8, 4) is 5.88 Å². The molecule has 2 aromatic heterocycles. The second kappa shape index (κ2) is 7.05. The second-order valence-corrected chi connectivity index (χ2v) is 7.39. The minimum Gasteiger partial charge on any atom is -0.480 e. The number of ether oxygens (including phenoxy) is 1. The number of aromatic nitrogens is 2. The molecule has 4 rings (SSSR count). The predicted octanol–water partition coefficient (Wildman–Crippen LogP) is 4.03.